The van der Waals surface area contributed by atoms with Gasteiger partial charge in [-0.2, -0.15) is 0 Å². The zero-order valence-corrected chi connectivity index (χ0v) is 43.1. The number of aliphatic hydroxyl groups excluding tert-OH is 7. The van der Waals surface area contributed by atoms with E-state index in [0.717, 1.165) is 44.9 Å². The number of hydrogen-bond acceptors (Lipinski definition) is 10. The summed E-state index contributed by atoms with van der Waals surface area (Å²) >= 11 is 0. The summed E-state index contributed by atoms with van der Waals surface area (Å²) in [4.78, 5) is 13.1. The normalized spacial score (nSPS) is 20.8. The van der Waals surface area contributed by atoms with E-state index >= 15 is 0 Å². The first-order chi connectivity index (χ1) is 32.7. The first-order valence-corrected chi connectivity index (χ1v) is 28.2. The van der Waals surface area contributed by atoms with E-state index in [0.29, 0.717) is 19.3 Å². The van der Waals surface area contributed by atoms with Crippen LogP contribution in [-0.2, 0) is 14.3 Å². The maximum absolute atomic E-state index is 13.1. The number of ether oxygens (including phenoxy) is 2. The molecule has 1 aliphatic heterocycles. The van der Waals surface area contributed by atoms with Gasteiger partial charge in [-0.3, -0.25) is 4.79 Å². The number of hydrogen-bond donors (Lipinski definition) is 8. The maximum atomic E-state index is 13.1. The summed E-state index contributed by atoms with van der Waals surface area (Å²) in [7, 11) is 0. The molecule has 67 heavy (non-hydrogen) atoms. The van der Waals surface area contributed by atoms with Gasteiger partial charge in [0.15, 0.2) is 6.29 Å². The molecule has 9 atom stereocenters. The predicted molar refractivity (Wildman–Crippen MR) is 275 cm³/mol. The molecule has 1 saturated heterocycles. The Hall–Kier alpha value is -1.41. The summed E-state index contributed by atoms with van der Waals surface area (Å²) in [6.45, 7) is 3.36. The first-order valence-electron chi connectivity index (χ1n) is 28.2. The molecule has 0 aromatic rings. The molecule has 1 aliphatic rings. The maximum Gasteiger partial charge on any atom is 0.249 e. The second kappa shape index (κ2) is 45.7. The van der Waals surface area contributed by atoms with Gasteiger partial charge in [0.2, 0.25) is 5.91 Å². The monoisotopic (exact) mass is 954 g/mol. The predicted octanol–water partition coefficient (Wildman–Crippen LogP) is 11.3. The van der Waals surface area contributed by atoms with Crippen LogP contribution in [0.2, 0.25) is 0 Å². The minimum atomic E-state index is -1.67. The molecule has 0 aliphatic carbocycles. The number of rotatable bonds is 48. The van der Waals surface area contributed by atoms with E-state index in [1.165, 1.54) is 167 Å². The molecule has 1 heterocycles. The lowest BCUT2D eigenvalue weighted by molar-refractivity contribution is -0.303. The summed E-state index contributed by atoms with van der Waals surface area (Å²) in [5.41, 5.74) is 0. The zero-order valence-electron chi connectivity index (χ0n) is 43.1. The topological polar surface area (TPSA) is 189 Å². The fourth-order valence-electron chi connectivity index (χ4n) is 9.11. The lowest BCUT2D eigenvalue weighted by Gasteiger charge is -2.40. The van der Waals surface area contributed by atoms with Gasteiger partial charge < -0.3 is 50.5 Å². The van der Waals surface area contributed by atoms with Crippen LogP contribution < -0.4 is 5.32 Å². The van der Waals surface area contributed by atoms with E-state index in [1.54, 1.807) is 0 Å². The third-order valence-corrected chi connectivity index (χ3v) is 13.7. The van der Waals surface area contributed by atoms with Crippen LogP contribution >= 0.6 is 0 Å². The molecule has 0 bridgehead atoms. The quantitative estimate of drug-likeness (QED) is 0.0215. The highest BCUT2D eigenvalue weighted by Crippen LogP contribution is 2.23. The lowest BCUT2D eigenvalue weighted by Crippen LogP contribution is -2.60. The van der Waals surface area contributed by atoms with Crippen molar-refractivity contribution in [1.82, 2.24) is 5.32 Å². The summed E-state index contributed by atoms with van der Waals surface area (Å²) in [6.07, 6.45) is 42.8. The Bertz CT molecular complexity index is 1140. The van der Waals surface area contributed by atoms with Crippen LogP contribution in [0.15, 0.2) is 24.3 Å². The Balaban J connectivity index is 2.18. The van der Waals surface area contributed by atoms with Gasteiger partial charge >= 0.3 is 0 Å². The molecular formula is C56H107NO10. The molecule has 0 saturated carbocycles. The molecule has 1 rings (SSSR count). The van der Waals surface area contributed by atoms with Gasteiger partial charge in [-0.25, -0.2) is 0 Å². The Morgan fingerprint density at radius 1 is 0.507 bits per heavy atom. The van der Waals surface area contributed by atoms with Crippen molar-refractivity contribution in [3.05, 3.63) is 24.3 Å². The summed E-state index contributed by atoms with van der Waals surface area (Å²) in [6, 6.07) is -1.19. The highest BCUT2D eigenvalue weighted by Gasteiger charge is 2.44. The second-order valence-corrected chi connectivity index (χ2v) is 20.0. The van der Waals surface area contributed by atoms with Crippen LogP contribution in [0.4, 0.5) is 0 Å². The third kappa shape index (κ3) is 34.5. The van der Waals surface area contributed by atoms with Crippen molar-refractivity contribution in [2.45, 2.75) is 313 Å². The largest absolute Gasteiger partial charge is 0.394 e. The summed E-state index contributed by atoms with van der Waals surface area (Å²) < 4.78 is 11.1. The Morgan fingerprint density at radius 2 is 0.910 bits per heavy atom. The molecule has 0 spiro atoms. The fraction of sp³-hybridized carbons (Fsp3) is 0.911. The van der Waals surface area contributed by atoms with Crippen LogP contribution in [0.5, 0.6) is 0 Å². The second-order valence-electron chi connectivity index (χ2n) is 20.0. The van der Waals surface area contributed by atoms with Gasteiger partial charge in [-0.1, -0.05) is 237 Å². The van der Waals surface area contributed by atoms with Crippen molar-refractivity contribution < 1.29 is 50.0 Å². The number of carbonyl (C=O) groups is 1. The van der Waals surface area contributed by atoms with E-state index in [2.05, 4.69) is 43.5 Å². The average Bonchev–Trinajstić information content (AvgIpc) is 3.33. The van der Waals surface area contributed by atoms with Crippen LogP contribution in [0.1, 0.15) is 258 Å². The van der Waals surface area contributed by atoms with Crippen molar-refractivity contribution in [3.63, 3.8) is 0 Å². The standard InChI is InChI=1S/C56H107NO10/c1-3-5-7-9-11-13-15-16-17-18-19-20-21-22-23-24-25-26-27-28-29-30-31-32-33-34-36-38-40-42-44-49(60)55(65)57-47(46-66-56-54(64)53(63)52(62)50(45-58)67-56)51(61)48(59)43-41-39-37-35-14-12-10-8-6-4-2/h8,10,35,37,47-54,56,58-64H,3-7,9,11-34,36,38-46H2,1-2H3,(H,57,65)/b10-8+,37-35+. The number of allylic oxidation sites excluding steroid dienone is 4. The molecule has 0 aromatic carbocycles. The van der Waals surface area contributed by atoms with E-state index in [9.17, 15) is 40.5 Å². The summed E-state index contributed by atoms with van der Waals surface area (Å²) in [5.74, 6) is -0.708. The smallest absolute Gasteiger partial charge is 0.249 e. The van der Waals surface area contributed by atoms with Crippen molar-refractivity contribution in [3.8, 4) is 0 Å². The van der Waals surface area contributed by atoms with Gasteiger partial charge in [-0.15, -0.1) is 0 Å². The molecular weight excluding hydrogens is 847 g/mol. The SMILES string of the molecule is CCC/C=C/CC/C=C/CCCC(O)C(O)C(COC1OC(CO)C(O)C(O)C1O)NC(=O)C(O)CCCCCCCCCCCCCCCCCCCCCCCCCCCCCCCC. The van der Waals surface area contributed by atoms with Gasteiger partial charge in [0.25, 0.3) is 0 Å². The van der Waals surface area contributed by atoms with Gasteiger partial charge in [-0.05, 0) is 44.9 Å². The number of carbonyl (C=O) groups excluding carboxylic acids is 1. The molecule has 0 radical (unpaired) electrons. The Morgan fingerprint density at radius 3 is 1.33 bits per heavy atom. The van der Waals surface area contributed by atoms with Gasteiger partial charge in [0, 0.05) is 0 Å². The summed E-state index contributed by atoms with van der Waals surface area (Å²) in [5, 5.41) is 75.7. The molecule has 1 amide bonds. The minimum absolute atomic E-state index is 0.247. The average molecular weight is 954 g/mol. The number of unbranched alkanes of at least 4 members (excludes halogenated alkanes) is 32. The van der Waals surface area contributed by atoms with Crippen molar-refractivity contribution in [2.75, 3.05) is 13.2 Å². The molecule has 9 unspecified atom stereocenters. The lowest BCUT2D eigenvalue weighted by atomic mass is 9.98. The van der Waals surface area contributed by atoms with Gasteiger partial charge in [0.05, 0.1) is 25.4 Å². The van der Waals surface area contributed by atoms with Crippen molar-refractivity contribution in [2.24, 2.45) is 0 Å². The van der Waals surface area contributed by atoms with Crippen LogP contribution in [0.3, 0.4) is 0 Å². The van der Waals surface area contributed by atoms with Crippen LogP contribution in [0, 0.1) is 0 Å². The Labute approximate surface area is 410 Å². The number of amides is 1. The Kier molecular flexibility index (Phi) is 43.4. The zero-order chi connectivity index (χ0) is 49.0. The highest BCUT2D eigenvalue weighted by atomic mass is 16.7. The van der Waals surface area contributed by atoms with Gasteiger partial charge in [0.1, 0.15) is 36.6 Å². The van der Waals surface area contributed by atoms with E-state index in [-0.39, 0.29) is 12.8 Å². The molecule has 11 heteroatoms. The molecule has 8 N–H and O–H groups in total. The molecule has 396 valence electrons. The molecule has 0 aromatic heterocycles. The van der Waals surface area contributed by atoms with Crippen LogP contribution in [-0.4, -0.2) is 110 Å². The highest BCUT2D eigenvalue weighted by molar-refractivity contribution is 5.80. The number of aliphatic hydroxyl groups is 7. The molecule has 1 fully saturated rings. The van der Waals surface area contributed by atoms with E-state index in [1.807, 2.05) is 0 Å². The van der Waals surface area contributed by atoms with Crippen molar-refractivity contribution >= 4 is 5.91 Å². The fourth-order valence-corrected chi connectivity index (χ4v) is 9.11. The third-order valence-electron chi connectivity index (χ3n) is 13.7. The van der Waals surface area contributed by atoms with E-state index < -0.39 is 74.2 Å². The number of nitrogens with one attached hydrogen (secondary N) is 1. The minimum Gasteiger partial charge on any atom is -0.394 e. The van der Waals surface area contributed by atoms with Crippen molar-refractivity contribution in [1.29, 1.82) is 0 Å². The van der Waals surface area contributed by atoms with E-state index in [4.69, 9.17) is 9.47 Å². The molecule has 11 nitrogen and oxygen atoms in total. The van der Waals surface area contributed by atoms with Crippen LogP contribution in [0.25, 0.3) is 0 Å². The first kappa shape index (κ1) is 63.6.